The van der Waals surface area contributed by atoms with Gasteiger partial charge in [0, 0.05) is 0 Å². The van der Waals surface area contributed by atoms with Crippen LogP contribution in [0.4, 0.5) is 5.69 Å². The van der Waals surface area contributed by atoms with E-state index in [2.05, 4.69) is 26.2 Å². The van der Waals surface area contributed by atoms with E-state index >= 15 is 0 Å². The lowest BCUT2D eigenvalue weighted by Crippen LogP contribution is -2.50. The largest absolute Gasteiger partial charge is 0.323 e. The van der Waals surface area contributed by atoms with Crippen molar-refractivity contribution in [2.45, 2.75) is 31.7 Å². The van der Waals surface area contributed by atoms with Crippen molar-refractivity contribution in [1.29, 1.82) is 0 Å². The Morgan fingerprint density at radius 1 is 1.48 bits per heavy atom. The van der Waals surface area contributed by atoms with Gasteiger partial charge in [-0.1, -0.05) is 19.1 Å². The molecule has 2 heterocycles. The maximum absolute atomic E-state index is 12.7. The smallest absolute Gasteiger partial charge is 0.244 e. The van der Waals surface area contributed by atoms with E-state index in [1.54, 1.807) is 0 Å². The van der Waals surface area contributed by atoms with Crippen LogP contribution in [0.15, 0.2) is 30.6 Å². The SMILES string of the molecule is CCC1(C(=O)Nc2ccccc2-n2cnnn2)CCCN1. The number of carbonyl (C=O) groups excluding carboxylic acids is 1. The van der Waals surface area contributed by atoms with E-state index in [9.17, 15) is 4.79 Å². The minimum atomic E-state index is -0.465. The van der Waals surface area contributed by atoms with Crippen LogP contribution in [0.1, 0.15) is 26.2 Å². The zero-order valence-corrected chi connectivity index (χ0v) is 11.9. The number of carbonyl (C=O) groups is 1. The van der Waals surface area contributed by atoms with Gasteiger partial charge in [0.25, 0.3) is 0 Å². The summed E-state index contributed by atoms with van der Waals surface area (Å²) >= 11 is 0. The van der Waals surface area contributed by atoms with E-state index in [0.717, 1.165) is 31.5 Å². The Balaban J connectivity index is 1.87. The third-order valence-corrected chi connectivity index (χ3v) is 4.03. The lowest BCUT2D eigenvalue weighted by molar-refractivity contribution is -0.122. The number of amides is 1. The minimum absolute atomic E-state index is 0.00280. The molecule has 1 fully saturated rings. The predicted molar refractivity (Wildman–Crippen MR) is 78.0 cm³/mol. The number of anilines is 1. The van der Waals surface area contributed by atoms with Gasteiger partial charge in [0.2, 0.25) is 5.91 Å². The normalized spacial score (nSPS) is 21.4. The molecule has 7 heteroatoms. The molecule has 1 amide bonds. The minimum Gasteiger partial charge on any atom is -0.323 e. The van der Waals surface area contributed by atoms with Gasteiger partial charge in [-0.3, -0.25) is 4.79 Å². The van der Waals surface area contributed by atoms with Crippen LogP contribution in [0.25, 0.3) is 5.69 Å². The lowest BCUT2D eigenvalue weighted by Gasteiger charge is -2.27. The third kappa shape index (κ3) is 2.52. The predicted octanol–water partition coefficient (Wildman–Crippen LogP) is 1.13. The molecular formula is C14H18N6O. The summed E-state index contributed by atoms with van der Waals surface area (Å²) in [6.07, 6.45) is 4.17. The third-order valence-electron chi connectivity index (χ3n) is 4.03. The van der Waals surface area contributed by atoms with E-state index in [4.69, 9.17) is 0 Å². The first-order valence-electron chi connectivity index (χ1n) is 7.14. The fourth-order valence-electron chi connectivity index (χ4n) is 2.76. The maximum Gasteiger partial charge on any atom is 0.244 e. The monoisotopic (exact) mass is 286 g/mol. The molecule has 0 bridgehead atoms. The van der Waals surface area contributed by atoms with Crippen molar-refractivity contribution in [3.63, 3.8) is 0 Å². The molecular weight excluding hydrogens is 268 g/mol. The number of rotatable bonds is 4. The molecule has 1 atom stereocenters. The molecule has 2 N–H and O–H groups in total. The molecule has 3 rings (SSSR count). The zero-order chi connectivity index (χ0) is 14.7. The van der Waals surface area contributed by atoms with Crippen LogP contribution >= 0.6 is 0 Å². The zero-order valence-electron chi connectivity index (χ0n) is 11.9. The highest BCUT2D eigenvalue weighted by atomic mass is 16.2. The first-order chi connectivity index (χ1) is 10.2. The number of para-hydroxylation sites is 2. The summed E-state index contributed by atoms with van der Waals surface area (Å²) in [5, 5.41) is 17.5. The Hall–Kier alpha value is -2.28. The standard InChI is InChI=1S/C14H18N6O/c1-2-14(8-5-9-15-14)13(21)17-11-6-3-4-7-12(11)20-10-16-18-19-20/h3-4,6-7,10,15H,2,5,8-9H2,1H3,(H,17,21). The Morgan fingerprint density at radius 2 is 2.33 bits per heavy atom. The van der Waals surface area contributed by atoms with E-state index in [1.165, 1.54) is 11.0 Å². The van der Waals surface area contributed by atoms with Crippen LogP contribution in [0.2, 0.25) is 0 Å². The second-order valence-corrected chi connectivity index (χ2v) is 5.19. The molecule has 7 nitrogen and oxygen atoms in total. The highest BCUT2D eigenvalue weighted by Crippen LogP contribution is 2.26. The summed E-state index contributed by atoms with van der Waals surface area (Å²) in [6, 6.07) is 7.49. The van der Waals surface area contributed by atoms with Crippen molar-refractivity contribution >= 4 is 11.6 Å². The maximum atomic E-state index is 12.7. The van der Waals surface area contributed by atoms with Crippen molar-refractivity contribution in [3.05, 3.63) is 30.6 Å². The Bertz CT molecular complexity index is 618. The summed E-state index contributed by atoms with van der Waals surface area (Å²) in [5.74, 6) is 0.00280. The molecule has 21 heavy (non-hydrogen) atoms. The fourth-order valence-corrected chi connectivity index (χ4v) is 2.76. The van der Waals surface area contributed by atoms with Crippen LogP contribution in [0, 0.1) is 0 Å². The molecule has 1 aromatic heterocycles. The van der Waals surface area contributed by atoms with Crippen molar-refractivity contribution in [2.24, 2.45) is 0 Å². The number of nitrogens with zero attached hydrogens (tertiary/aromatic N) is 4. The average Bonchev–Trinajstić information content (AvgIpc) is 3.20. The molecule has 0 spiro atoms. The molecule has 1 aliphatic heterocycles. The molecule has 1 unspecified atom stereocenters. The lowest BCUT2D eigenvalue weighted by atomic mass is 9.93. The fraction of sp³-hybridized carbons (Fsp3) is 0.429. The molecule has 1 aromatic carbocycles. The van der Waals surface area contributed by atoms with Gasteiger partial charge in [0.15, 0.2) is 0 Å². The van der Waals surface area contributed by atoms with E-state index in [0.29, 0.717) is 5.69 Å². The first-order valence-corrected chi connectivity index (χ1v) is 7.14. The number of hydrogen-bond acceptors (Lipinski definition) is 5. The molecule has 0 aliphatic carbocycles. The number of tetrazole rings is 1. The van der Waals surface area contributed by atoms with Crippen LogP contribution in [-0.2, 0) is 4.79 Å². The second-order valence-electron chi connectivity index (χ2n) is 5.19. The van der Waals surface area contributed by atoms with E-state index in [-0.39, 0.29) is 5.91 Å². The van der Waals surface area contributed by atoms with Gasteiger partial charge in [-0.05, 0) is 48.4 Å². The summed E-state index contributed by atoms with van der Waals surface area (Å²) in [5.41, 5.74) is 0.990. The highest BCUT2D eigenvalue weighted by molar-refractivity contribution is 5.99. The van der Waals surface area contributed by atoms with Gasteiger partial charge in [0.05, 0.1) is 16.9 Å². The van der Waals surface area contributed by atoms with Crippen molar-refractivity contribution in [3.8, 4) is 5.69 Å². The van der Waals surface area contributed by atoms with Crippen LogP contribution in [0.3, 0.4) is 0 Å². The summed E-state index contributed by atoms with van der Waals surface area (Å²) in [4.78, 5) is 12.7. The van der Waals surface area contributed by atoms with Gasteiger partial charge in [-0.15, -0.1) is 5.10 Å². The van der Waals surface area contributed by atoms with E-state index < -0.39 is 5.54 Å². The topological polar surface area (TPSA) is 84.7 Å². The quantitative estimate of drug-likeness (QED) is 0.880. The number of nitrogens with one attached hydrogen (secondary N) is 2. The van der Waals surface area contributed by atoms with E-state index in [1.807, 2.05) is 31.2 Å². The number of aromatic nitrogens is 4. The Kier molecular flexibility index (Phi) is 3.66. The number of benzene rings is 1. The molecule has 0 radical (unpaired) electrons. The van der Waals surface area contributed by atoms with Gasteiger partial charge < -0.3 is 10.6 Å². The summed E-state index contributed by atoms with van der Waals surface area (Å²) in [7, 11) is 0. The van der Waals surface area contributed by atoms with Crippen LogP contribution < -0.4 is 10.6 Å². The molecule has 2 aromatic rings. The molecule has 1 aliphatic rings. The van der Waals surface area contributed by atoms with Crippen molar-refractivity contribution < 1.29 is 4.79 Å². The molecule has 0 saturated carbocycles. The van der Waals surface area contributed by atoms with Crippen LogP contribution in [-0.4, -0.2) is 38.2 Å². The van der Waals surface area contributed by atoms with Gasteiger partial charge in [0.1, 0.15) is 6.33 Å². The first kappa shape index (κ1) is 13.7. The van der Waals surface area contributed by atoms with Crippen LogP contribution in [0.5, 0.6) is 0 Å². The molecule has 110 valence electrons. The van der Waals surface area contributed by atoms with Gasteiger partial charge in [-0.25, -0.2) is 0 Å². The summed E-state index contributed by atoms with van der Waals surface area (Å²) < 4.78 is 1.54. The average molecular weight is 286 g/mol. The highest BCUT2D eigenvalue weighted by Gasteiger charge is 2.39. The van der Waals surface area contributed by atoms with Gasteiger partial charge >= 0.3 is 0 Å². The Morgan fingerprint density at radius 3 is 3.00 bits per heavy atom. The van der Waals surface area contributed by atoms with Crippen molar-refractivity contribution in [1.82, 2.24) is 25.5 Å². The van der Waals surface area contributed by atoms with Crippen molar-refractivity contribution in [2.75, 3.05) is 11.9 Å². The van der Waals surface area contributed by atoms with Gasteiger partial charge in [-0.2, -0.15) is 4.68 Å². The second kappa shape index (κ2) is 5.61. The number of hydrogen-bond donors (Lipinski definition) is 2. The molecule has 1 saturated heterocycles. The Labute approximate surface area is 122 Å². The summed E-state index contributed by atoms with van der Waals surface area (Å²) in [6.45, 7) is 2.92.